The Balaban J connectivity index is 1.55. The third-order valence-corrected chi connectivity index (χ3v) is 6.58. The smallest absolute Gasteiger partial charge is 0.269 e. The van der Waals surface area contributed by atoms with Crippen LogP contribution in [0.2, 0.25) is 0 Å². The van der Waals surface area contributed by atoms with Gasteiger partial charge in [-0.15, -0.1) is 10.2 Å². The highest BCUT2D eigenvalue weighted by Gasteiger charge is 2.20. The highest BCUT2D eigenvalue weighted by molar-refractivity contribution is 7.91. The van der Waals surface area contributed by atoms with Gasteiger partial charge < -0.3 is 0 Å². The maximum absolute atomic E-state index is 12.3. The van der Waals surface area contributed by atoms with Crippen molar-refractivity contribution in [3.05, 3.63) is 71.3 Å². The topological polar surface area (TPSA) is 101 Å². The predicted octanol–water partition coefficient (Wildman–Crippen LogP) is 3.01. The van der Waals surface area contributed by atoms with Crippen LogP contribution in [0.5, 0.6) is 0 Å². The minimum Gasteiger partial charge on any atom is -0.296 e. The normalized spacial score (nSPS) is 11.3. The second-order valence-corrected chi connectivity index (χ2v) is 9.10. The summed E-state index contributed by atoms with van der Waals surface area (Å²) in [5.41, 5.74) is 2.57. The van der Waals surface area contributed by atoms with Crippen molar-refractivity contribution in [3.63, 3.8) is 0 Å². The molecule has 0 fully saturated rings. The summed E-state index contributed by atoms with van der Waals surface area (Å²) in [5.74, 6) is -0.361. The second kappa shape index (κ2) is 9.05. The van der Waals surface area contributed by atoms with Crippen LogP contribution >= 0.6 is 11.3 Å². The second-order valence-electron chi connectivity index (χ2n) is 6.18. The van der Waals surface area contributed by atoms with E-state index < -0.39 is 10.0 Å². The molecule has 0 bridgehead atoms. The van der Waals surface area contributed by atoms with Crippen LogP contribution in [0.4, 0.5) is 5.13 Å². The summed E-state index contributed by atoms with van der Waals surface area (Å²) in [6, 6.07) is 16.9. The van der Waals surface area contributed by atoms with E-state index in [0.717, 1.165) is 28.9 Å². The Labute approximate surface area is 167 Å². The Bertz CT molecular complexity index is 1050. The molecular weight excluding hydrogens is 396 g/mol. The Morgan fingerprint density at radius 1 is 1.07 bits per heavy atom. The average Bonchev–Trinajstić information content (AvgIpc) is 3.16. The van der Waals surface area contributed by atoms with E-state index in [1.807, 2.05) is 43.3 Å². The number of sulfonamides is 1. The standard InChI is InChI=1S/C19H20N4O3S2/c1-14-7-5-11-16(13-14)17(24)21-18-22-23-19(27-18)28(25,26)20-12-6-10-15-8-3-2-4-9-15/h2-5,7-9,11,13,20H,6,10,12H2,1H3,(H,21,22,24). The molecule has 9 heteroatoms. The first-order valence-electron chi connectivity index (χ1n) is 8.69. The molecule has 0 saturated heterocycles. The number of hydrogen-bond donors (Lipinski definition) is 2. The van der Waals surface area contributed by atoms with Gasteiger partial charge in [-0.05, 0) is 37.5 Å². The van der Waals surface area contributed by atoms with Crippen molar-refractivity contribution < 1.29 is 13.2 Å². The van der Waals surface area contributed by atoms with E-state index in [-0.39, 0.29) is 15.4 Å². The lowest BCUT2D eigenvalue weighted by Crippen LogP contribution is -2.25. The van der Waals surface area contributed by atoms with E-state index in [4.69, 9.17) is 0 Å². The first-order valence-corrected chi connectivity index (χ1v) is 11.0. The van der Waals surface area contributed by atoms with Gasteiger partial charge in [0.25, 0.3) is 15.9 Å². The molecule has 0 atom stereocenters. The van der Waals surface area contributed by atoms with Crippen LogP contribution in [0.15, 0.2) is 58.9 Å². The maximum atomic E-state index is 12.3. The minimum absolute atomic E-state index is 0.135. The summed E-state index contributed by atoms with van der Waals surface area (Å²) in [6.45, 7) is 2.18. The first-order chi connectivity index (χ1) is 13.4. The van der Waals surface area contributed by atoms with Crippen molar-refractivity contribution in [2.45, 2.75) is 24.1 Å². The van der Waals surface area contributed by atoms with Gasteiger partial charge in [0.15, 0.2) is 0 Å². The number of hydrogen-bond acceptors (Lipinski definition) is 6. The molecule has 0 radical (unpaired) electrons. The van der Waals surface area contributed by atoms with Crippen LogP contribution < -0.4 is 10.0 Å². The van der Waals surface area contributed by atoms with Crippen molar-refractivity contribution in [1.29, 1.82) is 0 Å². The number of nitrogens with zero attached hydrogens (tertiary/aromatic N) is 2. The molecule has 0 saturated carbocycles. The zero-order chi connectivity index (χ0) is 20.0. The van der Waals surface area contributed by atoms with E-state index in [2.05, 4.69) is 20.2 Å². The molecule has 7 nitrogen and oxygen atoms in total. The van der Waals surface area contributed by atoms with E-state index in [0.29, 0.717) is 18.5 Å². The van der Waals surface area contributed by atoms with Gasteiger partial charge in [-0.1, -0.05) is 59.4 Å². The Hall–Kier alpha value is -2.62. The molecule has 1 heterocycles. The van der Waals surface area contributed by atoms with Crippen molar-refractivity contribution in [2.24, 2.45) is 0 Å². The van der Waals surface area contributed by atoms with E-state index >= 15 is 0 Å². The van der Waals surface area contributed by atoms with Crippen LogP contribution in [0.1, 0.15) is 27.9 Å². The van der Waals surface area contributed by atoms with Crippen molar-refractivity contribution in [3.8, 4) is 0 Å². The van der Waals surface area contributed by atoms with Gasteiger partial charge in [0, 0.05) is 12.1 Å². The molecule has 0 aliphatic rings. The molecule has 1 aromatic heterocycles. The van der Waals surface area contributed by atoms with Gasteiger partial charge >= 0.3 is 0 Å². The highest BCUT2D eigenvalue weighted by Crippen LogP contribution is 2.20. The molecule has 0 unspecified atom stereocenters. The molecule has 146 valence electrons. The molecule has 3 rings (SSSR count). The molecule has 2 N–H and O–H groups in total. The fraction of sp³-hybridized carbons (Fsp3) is 0.211. The average molecular weight is 417 g/mol. The van der Waals surface area contributed by atoms with E-state index in [1.165, 1.54) is 0 Å². The number of anilines is 1. The maximum Gasteiger partial charge on any atom is 0.269 e. The van der Waals surface area contributed by atoms with Gasteiger partial charge in [0.05, 0.1) is 0 Å². The zero-order valence-corrected chi connectivity index (χ0v) is 16.9. The lowest BCUT2D eigenvalue weighted by atomic mass is 10.1. The van der Waals surface area contributed by atoms with Crippen LogP contribution in [0.25, 0.3) is 0 Å². The summed E-state index contributed by atoms with van der Waals surface area (Å²) in [4.78, 5) is 12.2. The van der Waals surface area contributed by atoms with E-state index in [1.54, 1.807) is 18.2 Å². The van der Waals surface area contributed by atoms with Crippen molar-refractivity contribution in [2.75, 3.05) is 11.9 Å². The first kappa shape index (κ1) is 20.1. The number of carbonyl (C=O) groups excluding carboxylic acids is 1. The number of carbonyl (C=O) groups is 1. The number of benzene rings is 2. The predicted molar refractivity (Wildman–Crippen MR) is 109 cm³/mol. The number of amides is 1. The molecule has 1 amide bonds. The summed E-state index contributed by atoms with van der Waals surface area (Å²) in [5, 5.41) is 10.2. The van der Waals surface area contributed by atoms with Gasteiger partial charge in [-0.2, -0.15) is 0 Å². The third kappa shape index (κ3) is 5.44. The fourth-order valence-electron chi connectivity index (χ4n) is 2.53. The summed E-state index contributed by atoms with van der Waals surface area (Å²) in [6.07, 6.45) is 1.44. The summed E-state index contributed by atoms with van der Waals surface area (Å²) < 4.78 is 27.0. The Morgan fingerprint density at radius 3 is 2.61 bits per heavy atom. The monoisotopic (exact) mass is 416 g/mol. The SMILES string of the molecule is Cc1cccc(C(=O)Nc2nnc(S(=O)(=O)NCCCc3ccccc3)s2)c1. The van der Waals surface area contributed by atoms with Gasteiger partial charge in [-0.3, -0.25) is 10.1 Å². The lowest BCUT2D eigenvalue weighted by Gasteiger charge is -2.04. The molecule has 2 aromatic carbocycles. The van der Waals surface area contributed by atoms with Crippen LogP contribution in [0.3, 0.4) is 0 Å². The summed E-state index contributed by atoms with van der Waals surface area (Å²) in [7, 11) is -3.76. The number of aryl methyl sites for hydroxylation is 2. The quantitative estimate of drug-likeness (QED) is 0.434. The van der Waals surface area contributed by atoms with Gasteiger partial charge in [-0.25, -0.2) is 13.1 Å². The lowest BCUT2D eigenvalue weighted by molar-refractivity contribution is 0.102. The molecule has 0 spiro atoms. The third-order valence-electron chi connectivity index (χ3n) is 3.91. The van der Waals surface area contributed by atoms with Crippen molar-refractivity contribution >= 4 is 32.4 Å². The van der Waals surface area contributed by atoms with Crippen LogP contribution in [0, 0.1) is 6.92 Å². The largest absolute Gasteiger partial charge is 0.296 e. The number of aromatic nitrogens is 2. The molecule has 0 aliphatic carbocycles. The van der Waals surface area contributed by atoms with Crippen LogP contribution in [-0.2, 0) is 16.4 Å². The molecule has 28 heavy (non-hydrogen) atoms. The van der Waals surface area contributed by atoms with Crippen LogP contribution in [-0.4, -0.2) is 31.1 Å². The van der Waals surface area contributed by atoms with Crippen molar-refractivity contribution in [1.82, 2.24) is 14.9 Å². The minimum atomic E-state index is -3.76. The zero-order valence-electron chi connectivity index (χ0n) is 15.3. The molecular formula is C19H20N4O3S2. The highest BCUT2D eigenvalue weighted by atomic mass is 32.2. The molecule has 3 aromatic rings. The fourth-order valence-corrected chi connectivity index (χ4v) is 4.54. The molecule has 0 aliphatic heterocycles. The van der Waals surface area contributed by atoms with E-state index in [9.17, 15) is 13.2 Å². The number of rotatable bonds is 8. The Kier molecular flexibility index (Phi) is 6.50. The van der Waals surface area contributed by atoms with Gasteiger partial charge in [0.1, 0.15) is 0 Å². The number of nitrogens with one attached hydrogen (secondary N) is 2. The van der Waals surface area contributed by atoms with Gasteiger partial charge in [0.2, 0.25) is 9.47 Å². The summed E-state index contributed by atoms with van der Waals surface area (Å²) >= 11 is 0.817. The Morgan fingerprint density at radius 2 is 1.86 bits per heavy atom.